The van der Waals surface area contributed by atoms with E-state index in [4.69, 9.17) is 40.2 Å². The van der Waals surface area contributed by atoms with Gasteiger partial charge in [-0.25, -0.2) is 0 Å². The fraction of sp³-hybridized carbons (Fsp3) is 0.316. The third-order valence-electron chi connectivity index (χ3n) is 4.22. The number of guanidine groups is 1. The van der Waals surface area contributed by atoms with Crippen LogP contribution in [-0.2, 0) is 0 Å². The van der Waals surface area contributed by atoms with Crippen LogP contribution in [-0.4, -0.2) is 25.0 Å². The number of hydrogen-bond acceptors (Lipinski definition) is 1. The summed E-state index contributed by atoms with van der Waals surface area (Å²) in [6.07, 6.45) is 1.08. The van der Waals surface area contributed by atoms with Gasteiger partial charge >= 0.3 is 0 Å². The van der Waals surface area contributed by atoms with Crippen molar-refractivity contribution in [2.24, 2.45) is 0 Å². The van der Waals surface area contributed by atoms with E-state index in [9.17, 15) is 0 Å². The van der Waals surface area contributed by atoms with Gasteiger partial charge in [-0.05, 0) is 42.2 Å². The molecular formula is C19H22Cl3N3. The Kier molecular flexibility index (Phi) is 6.61. The lowest BCUT2D eigenvalue weighted by Crippen LogP contribution is -2.36. The molecule has 0 spiro atoms. The Balaban J connectivity index is 2.55. The van der Waals surface area contributed by atoms with Gasteiger partial charge in [-0.2, -0.15) is 0 Å². The lowest BCUT2D eigenvalue weighted by molar-refractivity contribution is 0.606. The summed E-state index contributed by atoms with van der Waals surface area (Å²) in [6.45, 7) is 4.37. The van der Waals surface area contributed by atoms with Crippen LogP contribution in [0.15, 0.2) is 36.4 Å². The van der Waals surface area contributed by atoms with E-state index in [1.54, 1.807) is 21.9 Å². The molecule has 0 saturated carbocycles. The van der Waals surface area contributed by atoms with Crippen LogP contribution in [0.1, 0.15) is 31.7 Å². The van der Waals surface area contributed by atoms with Crippen LogP contribution >= 0.6 is 34.8 Å². The molecule has 0 heterocycles. The molecule has 6 heteroatoms. The summed E-state index contributed by atoms with van der Waals surface area (Å²) in [7, 11) is 3.63. The maximum Gasteiger partial charge on any atom is 0.202 e. The maximum absolute atomic E-state index is 8.49. The minimum Gasteiger partial charge on any atom is -0.349 e. The zero-order chi connectivity index (χ0) is 18.7. The van der Waals surface area contributed by atoms with Gasteiger partial charge in [0.15, 0.2) is 0 Å². The van der Waals surface area contributed by atoms with Crippen LogP contribution in [0.3, 0.4) is 0 Å². The molecule has 0 aliphatic rings. The van der Waals surface area contributed by atoms with E-state index < -0.39 is 0 Å². The molecular weight excluding hydrogens is 377 g/mol. The minimum atomic E-state index is 0.275. The molecule has 0 aliphatic carbocycles. The van der Waals surface area contributed by atoms with Gasteiger partial charge in [-0.15, -0.1) is 0 Å². The summed E-state index contributed by atoms with van der Waals surface area (Å²) in [6, 6.07) is 11.6. The lowest BCUT2D eigenvalue weighted by atomic mass is 9.98. The minimum absolute atomic E-state index is 0.275. The van der Waals surface area contributed by atoms with Gasteiger partial charge in [0.2, 0.25) is 5.96 Å². The Hall–Kier alpha value is -1.42. The average Bonchev–Trinajstić information content (AvgIpc) is 2.61. The second-order valence-electron chi connectivity index (χ2n) is 6.15. The third-order valence-corrected chi connectivity index (χ3v) is 5.51. The monoisotopic (exact) mass is 397 g/mol. The van der Waals surface area contributed by atoms with Crippen molar-refractivity contribution in [3.8, 4) is 0 Å². The molecule has 1 unspecified atom stereocenters. The molecule has 0 bridgehead atoms. The molecule has 0 fully saturated rings. The molecule has 0 aromatic heterocycles. The normalized spacial score (nSPS) is 12.0. The molecule has 2 rings (SSSR count). The van der Waals surface area contributed by atoms with Gasteiger partial charge in [-0.1, -0.05) is 60.8 Å². The number of hydrogen-bond donors (Lipinski definition) is 1. The molecule has 134 valence electrons. The van der Waals surface area contributed by atoms with Crippen molar-refractivity contribution >= 4 is 52.1 Å². The molecule has 0 saturated heterocycles. The fourth-order valence-corrected chi connectivity index (χ4v) is 3.07. The van der Waals surface area contributed by atoms with E-state index in [1.165, 1.54) is 5.56 Å². The maximum atomic E-state index is 8.49. The summed E-state index contributed by atoms with van der Waals surface area (Å²) < 4.78 is 0. The highest BCUT2D eigenvalue weighted by atomic mass is 35.5. The van der Waals surface area contributed by atoms with Crippen molar-refractivity contribution < 1.29 is 0 Å². The Morgan fingerprint density at radius 2 is 1.60 bits per heavy atom. The fourth-order valence-electron chi connectivity index (χ4n) is 2.45. The number of anilines is 2. The van der Waals surface area contributed by atoms with E-state index in [1.807, 2.05) is 26.2 Å². The third kappa shape index (κ3) is 4.22. The zero-order valence-electron chi connectivity index (χ0n) is 14.8. The quantitative estimate of drug-likeness (QED) is 0.349. The summed E-state index contributed by atoms with van der Waals surface area (Å²) in [4.78, 5) is 3.46. The molecule has 1 atom stereocenters. The van der Waals surface area contributed by atoms with Crippen molar-refractivity contribution in [3.63, 3.8) is 0 Å². The first-order chi connectivity index (χ1) is 11.8. The van der Waals surface area contributed by atoms with Gasteiger partial charge < -0.3 is 4.90 Å². The first kappa shape index (κ1) is 19.9. The first-order valence-electron chi connectivity index (χ1n) is 8.07. The van der Waals surface area contributed by atoms with Gasteiger partial charge in [0.1, 0.15) is 0 Å². The first-order valence-corrected chi connectivity index (χ1v) is 9.20. The van der Waals surface area contributed by atoms with E-state index in [2.05, 4.69) is 26.0 Å². The topological polar surface area (TPSA) is 30.3 Å². The Morgan fingerprint density at radius 1 is 1.00 bits per heavy atom. The van der Waals surface area contributed by atoms with Crippen molar-refractivity contribution in [1.82, 2.24) is 4.90 Å². The predicted octanol–water partition coefficient (Wildman–Crippen LogP) is 6.79. The number of nitrogens with one attached hydrogen (secondary N) is 1. The van der Waals surface area contributed by atoms with Gasteiger partial charge in [0, 0.05) is 19.8 Å². The summed E-state index contributed by atoms with van der Waals surface area (Å²) in [5.41, 5.74) is 2.72. The highest BCUT2D eigenvalue weighted by Gasteiger charge is 2.21. The number of nitrogens with zero attached hydrogens (tertiary/aromatic N) is 2. The standard InChI is InChI=1S/C19H22Cl3N3/c1-5-12(2)13-6-8-14(9-7-13)25(19(23)24(3)4)16-11-10-15(20)17(21)18(16)22/h6-12,23H,5H2,1-4H3. The molecule has 1 N–H and O–H groups in total. The second-order valence-corrected chi connectivity index (χ2v) is 7.31. The van der Waals surface area contributed by atoms with Crippen LogP contribution < -0.4 is 4.90 Å². The van der Waals surface area contributed by atoms with Gasteiger partial charge in [-0.3, -0.25) is 10.3 Å². The molecule has 2 aromatic rings. The summed E-state index contributed by atoms with van der Waals surface area (Å²) in [5.74, 6) is 0.765. The largest absolute Gasteiger partial charge is 0.349 e. The Morgan fingerprint density at radius 3 is 2.12 bits per heavy atom. The molecule has 0 radical (unpaired) electrons. The molecule has 2 aromatic carbocycles. The lowest BCUT2D eigenvalue weighted by Gasteiger charge is -2.30. The highest BCUT2D eigenvalue weighted by Crippen LogP contribution is 2.40. The molecule has 0 amide bonds. The smallest absolute Gasteiger partial charge is 0.202 e. The van der Waals surface area contributed by atoms with Gasteiger partial charge in [0.05, 0.1) is 20.8 Å². The van der Waals surface area contributed by atoms with Crippen LogP contribution in [0.4, 0.5) is 11.4 Å². The van der Waals surface area contributed by atoms with Crippen molar-refractivity contribution in [1.29, 1.82) is 5.41 Å². The van der Waals surface area contributed by atoms with E-state index in [0.717, 1.165) is 12.1 Å². The second kappa shape index (κ2) is 8.31. The van der Waals surface area contributed by atoms with Crippen molar-refractivity contribution in [2.75, 3.05) is 19.0 Å². The highest BCUT2D eigenvalue weighted by molar-refractivity contribution is 6.49. The Labute approximate surface area is 164 Å². The Bertz CT molecular complexity index is 757. The summed E-state index contributed by atoms with van der Waals surface area (Å²) in [5, 5.41) is 9.49. The zero-order valence-corrected chi connectivity index (χ0v) is 17.0. The summed E-state index contributed by atoms with van der Waals surface area (Å²) >= 11 is 18.7. The van der Waals surface area contributed by atoms with Crippen LogP contribution in [0.5, 0.6) is 0 Å². The average molecular weight is 399 g/mol. The van der Waals surface area contributed by atoms with E-state index in [-0.39, 0.29) is 11.0 Å². The van der Waals surface area contributed by atoms with Crippen molar-refractivity contribution in [3.05, 3.63) is 57.0 Å². The number of rotatable bonds is 4. The predicted molar refractivity (Wildman–Crippen MR) is 110 cm³/mol. The van der Waals surface area contributed by atoms with E-state index >= 15 is 0 Å². The van der Waals surface area contributed by atoms with Crippen LogP contribution in [0.25, 0.3) is 0 Å². The molecule has 25 heavy (non-hydrogen) atoms. The SMILES string of the molecule is CCC(C)c1ccc(N(C(=N)N(C)C)c2ccc(Cl)c(Cl)c2Cl)cc1. The van der Waals surface area contributed by atoms with Crippen LogP contribution in [0, 0.1) is 5.41 Å². The van der Waals surface area contributed by atoms with Gasteiger partial charge in [0.25, 0.3) is 0 Å². The number of halogens is 3. The van der Waals surface area contributed by atoms with Crippen LogP contribution in [0.2, 0.25) is 15.1 Å². The molecule has 0 aliphatic heterocycles. The van der Waals surface area contributed by atoms with Crippen molar-refractivity contribution in [2.45, 2.75) is 26.2 Å². The van der Waals surface area contributed by atoms with E-state index in [0.29, 0.717) is 21.7 Å². The molecule has 3 nitrogen and oxygen atoms in total. The number of benzene rings is 2.